The van der Waals surface area contributed by atoms with Gasteiger partial charge in [0.1, 0.15) is 28.4 Å². The third kappa shape index (κ3) is 3.30. The van der Waals surface area contributed by atoms with E-state index in [0.29, 0.717) is 44.4 Å². The molecule has 3 aromatic heterocycles. The third-order valence-electron chi connectivity index (χ3n) is 5.12. The number of furan rings is 1. The van der Waals surface area contributed by atoms with Crippen LogP contribution in [-0.4, -0.2) is 27.6 Å². The molecular weight excluding hydrogens is 430 g/mol. The number of rotatable bonds is 5. The van der Waals surface area contributed by atoms with Crippen molar-refractivity contribution in [1.82, 2.24) is 19.9 Å². The predicted octanol–water partition coefficient (Wildman–Crippen LogP) is 4.34. The van der Waals surface area contributed by atoms with E-state index < -0.39 is 0 Å². The third-order valence-corrected chi connectivity index (χ3v) is 5.42. The summed E-state index contributed by atoms with van der Waals surface area (Å²) in [7, 11) is 1.54. The Kier molecular flexibility index (Phi) is 4.91. The highest BCUT2D eigenvalue weighted by Crippen LogP contribution is 2.34. The lowest BCUT2D eigenvalue weighted by atomic mass is 10.2. The summed E-state index contributed by atoms with van der Waals surface area (Å²) in [5.74, 6) is 0.970. The zero-order chi connectivity index (χ0) is 22.2. The number of carbonyl (C=O) groups excluding carboxylic acids is 1. The number of aromatic nitrogens is 3. The number of benzene rings is 2. The molecule has 0 bridgehead atoms. The standard InChI is InChI=1S/C23H18ClN5O3/c1-31-18-9-8-13(11-15(18)24)29-21(25)19(23(30)26-12-14-5-4-10-32-14)20-22(29)28-17-7-3-2-6-16(17)27-20/h2-11H,12,25H2,1H3,(H,26,30). The molecule has 0 saturated carbocycles. The van der Waals surface area contributed by atoms with Crippen LogP contribution in [0.4, 0.5) is 5.82 Å². The summed E-state index contributed by atoms with van der Waals surface area (Å²) in [5, 5.41) is 3.24. The minimum Gasteiger partial charge on any atom is -0.495 e. The van der Waals surface area contributed by atoms with Crippen LogP contribution in [-0.2, 0) is 6.54 Å². The SMILES string of the molecule is COc1ccc(-n2c(N)c(C(=O)NCc3ccco3)c3nc4ccccc4nc32)cc1Cl. The van der Waals surface area contributed by atoms with Crippen molar-refractivity contribution in [3.8, 4) is 11.4 Å². The normalized spacial score (nSPS) is 11.2. The first-order chi connectivity index (χ1) is 15.6. The maximum atomic E-state index is 13.2. The molecule has 2 aromatic carbocycles. The van der Waals surface area contributed by atoms with Gasteiger partial charge in [0.2, 0.25) is 0 Å². The Morgan fingerprint density at radius 1 is 1.16 bits per heavy atom. The second-order valence-electron chi connectivity index (χ2n) is 7.06. The van der Waals surface area contributed by atoms with Crippen LogP contribution in [0.5, 0.6) is 5.75 Å². The van der Waals surface area contributed by atoms with Gasteiger partial charge in [-0.3, -0.25) is 9.36 Å². The molecule has 0 spiro atoms. The summed E-state index contributed by atoms with van der Waals surface area (Å²) in [6.07, 6.45) is 1.55. The van der Waals surface area contributed by atoms with Gasteiger partial charge in [-0.1, -0.05) is 23.7 Å². The number of nitrogens with zero attached hydrogens (tertiary/aromatic N) is 3. The Morgan fingerprint density at radius 3 is 2.62 bits per heavy atom. The number of halogens is 1. The van der Waals surface area contributed by atoms with Crippen LogP contribution in [0.25, 0.3) is 27.9 Å². The lowest BCUT2D eigenvalue weighted by Gasteiger charge is -2.10. The summed E-state index contributed by atoms with van der Waals surface area (Å²) in [4.78, 5) is 22.6. The molecule has 0 saturated heterocycles. The molecule has 5 rings (SSSR count). The van der Waals surface area contributed by atoms with Crippen LogP contribution in [0.1, 0.15) is 16.1 Å². The van der Waals surface area contributed by atoms with Crippen molar-refractivity contribution < 1.29 is 13.9 Å². The zero-order valence-corrected chi connectivity index (χ0v) is 17.8. The van der Waals surface area contributed by atoms with Crippen LogP contribution in [0.3, 0.4) is 0 Å². The summed E-state index contributed by atoms with van der Waals surface area (Å²) in [6, 6.07) is 16.2. The molecule has 3 N–H and O–H groups in total. The lowest BCUT2D eigenvalue weighted by molar-refractivity contribution is 0.0950. The van der Waals surface area contributed by atoms with Gasteiger partial charge in [-0.2, -0.15) is 0 Å². The van der Waals surface area contributed by atoms with E-state index in [1.807, 2.05) is 24.3 Å². The molecule has 32 heavy (non-hydrogen) atoms. The average molecular weight is 448 g/mol. The van der Waals surface area contributed by atoms with Gasteiger partial charge < -0.3 is 20.2 Å². The Balaban J connectivity index is 1.70. The van der Waals surface area contributed by atoms with Crippen molar-refractivity contribution in [2.75, 3.05) is 12.8 Å². The van der Waals surface area contributed by atoms with E-state index >= 15 is 0 Å². The van der Waals surface area contributed by atoms with Crippen molar-refractivity contribution in [3.63, 3.8) is 0 Å². The van der Waals surface area contributed by atoms with E-state index in [4.69, 9.17) is 36.5 Å². The van der Waals surface area contributed by atoms with Crippen LogP contribution in [0, 0.1) is 0 Å². The highest BCUT2D eigenvalue weighted by atomic mass is 35.5. The highest BCUT2D eigenvalue weighted by molar-refractivity contribution is 6.32. The maximum Gasteiger partial charge on any atom is 0.257 e. The lowest BCUT2D eigenvalue weighted by Crippen LogP contribution is -2.23. The first kappa shape index (κ1) is 19.9. The minimum atomic E-state index is -0.383. The molecule has 9 heteroatoms. The molecule has 0 unspecified atom stereocenters. The van der Waals surface area contributed by atoms with E-state index in [1.54, 1.807) is 48.3 Å². The molecule has 1 amide bonds. The van der Waals surface area contributed by atoms with Crippen molar-refractivity contribution in [2.24, 2.45) is 0 Å². The monoisotopic (exact) mass is 447 g/mol. The van der Waals surface area contributed by atoms with Crippen molar-refractivity contribution in [1.29, 1.82) is 0 Å². The fourth-order valence-electron chi connectivity index (χ4n) is 3.61. The van der Waals surface area contributed by atoms with E-state index in [1.165, 1.54) is 0 Å². The second-order valence-corrected chi connectivity index (χ2v) is 7.47. The smallest absolute Gasteiger partial charge is 0.257 e. The summed E-state index contributed by atoms with van der Waals surface area (Å²) in [6.45, 7) is 0.216. The Hall–Kier alpha value is -4.04. The number of hydrogen-bond donors (Lipinski definition) is 2. The molecular formula is C23H18ClN5O3. The molecule has 0 radical (unpaired) electrons. The first-order valence-electron chi connectivity index (χ1n) is 9.78. The summed E-state index contributed by atoms with van der Waals surface area (Å²) >= 11 is 6.35. The number of para-hydroxylation sites is 2. The summed E-state index contributed by atoms with van der Waals surface area (Å²) in [5.41, 5.74) is 9.55. The fourth-order valence-corrected chi connectivity index (χ4v) is 3.86. The Bertz CT molecular complexity index is 1460. The molecule has 0 fully saturated rings. The van der Waals surface area contributed by atoms with Crippen molar-refractivity contribution in [3.05, 3.63) is 77.2 Å². The molecule has 0 aliphatic rings. The quantitative estimate of drug-likeness (QED) is 0.415. The highest BCUT2D eigenvalue weighted by Gasteiger charge is 2.25. The Labute approximate surface area is 187 Å². The molecule has 0 aliphatic heterocycles. The van der Waals surface area contributed by atoms with Gasteiger partial charge >= 0.3 is 0 Å². The van der Waals surface area contributed by atoms with Crippen LogP contribution < -0.4 is 15.8 Å². The van der Waals surface area contributed by atoms with Gasteiger partial charge in [0, 0.05) is 0 Å². The van der Waals surface area contributed by atoms with Crippen LogP contribution >= 0.6 is 11.6 Å². The number of nitrogens with one attached hydrogen (secondary N) is 1. The molecule has 3 heterocycles. The minimum absolute atomic E-state index is 0.202. The number of anilines is 1. The second kappa shape index (κ2) is 7.90. The van der Waals surface area contributed by atoms with Crippen molar-refractivity contribution in [2.45, 2.75) is 6.54 Å². The van der Waals surface area contributed by atoms with E-state index in [9.17, 15) is 4.79 Å². The molecule has 0 aliphatic carbocycles. The van der Waals surface area contributed by atoms with E-state index in [2.05, 4.69) is 5.32 Å². The zero-order valence-electron chi connectivity index (χ0n) is 17.0. The van der Waals surface area contributed by atoms with Gasteiger partial charge in [-0.25, -0.2) is 9.97 Å². The van der Waals surface area contributed by atoms with Gasteiger partial charge in [0.05, 0.1) is 41.7 Å². The molecule has 5 aromatic rings. The number of ether oxygens (including phenoxy) is 1. The number of fused-ring (bicyclic) bond motifs is 2. The van der Waals surface area contributed by atoms with E-state index in [0.717, 1.165) is 0 Å². The molecule has 8 nitrogen and oxygen atoms in total. The number of nitrogen functional groups attached to an aromatic ring is 1. The number of nitrogens with two attached hydrogens (primary N) is 1. The largest absolute Gasteiger partial charge is 0.495 e. The number of hydrogen-bond acceptors (Lipinski definition) is 6. The maximum absolute atomic E-state index is 13.2. The van der Waals surface area contributed by atoms with Crippen LogP contribution in [0.15, 0.2) is 65.3 Å². The van der Waals surface area contributed by atoms with Gasteiger partial charge in [0.25, 0.3) is 5.91 Å². The number of amides is 1. The summed E-state index contributed by atoms with van der Waals surface area (Å²) < 4.78 is 12.2. The van der Waals surface area contributed by atoms with Gasteiger partial charge in [0.15, 0.2) is 5.65 Å². The molecule has 160 valence electrons. The van der Waals surface area contributed by atoms with E-state index in [-0.39, 0.29) is 23.8 Å². The average Bonchev–Trinajstić information content (AvgIpc) is 3.41. The van der Waals surface area contributed by atoms with Gasteiger partial charge in [-0.15, -0.1) is 0 Å². The van der Waals surface area contributed by atoms with Crippen molar-refractivity contribution >= 4 is 45.5 Å². The number of methoxy groups -OCH3 is 1. The Morgan fingerprint density at radius 2 is 1.94 bits per heavy atom. The topological polar surface area (TPSA) is 108 Å². The number of carbonyl (C=O) groups is 1. The predicted molar refractivity (Wildman–Crippen MR) is 122 cm³/mol. The molecule has 0 atom stereocenters. The van der Waals surface area contributed by atoms with Gasteiger partial charge in [-0.05, 0) is 42.5 Å². The fraction of sp³-hybridized carbons (Fsp3) is 0.0870. The first-order valence-corrected chi connectivity index (χ1v) is 10.2. The van der Waals surface area contributed by atoms with Crippen LogP contribution in [0.2, 0.25) is 5.02 Å².